The third kappa shape index (κ3) is 12.1. The van der Waals surface area contributed by atoms with Crippen molar-refractivity contribution in [2.45, 2.75) is 115 Å². The van der Waals surface area contributed by atoms with E-state index in [0.717, 1.165) is 19.3 Å². The summed E-state index contributed by atoms with van der Waals surface area (Å²) in [4.78, 5) is 12.1. The molecule has 0 spiro atoms. The molecule has 11 heteroatoms. The maximum Gasteiger partial charge on any atom is 0.397 e. The van der Waals surface area contributed by atoms with Gasteiger partial charge >= 0.3 is 10.4 Å². The molecule has 10 nitrogen and oxygen atoms in total. The minimum atomic E-state index is -4.76. The number of rotatable bonds is 16. The van der Waals surface area contributed by atoms with Crippen LogP contribution in [0.15, 0.2) is 0 Å². The fourth-order valence-electron chi connectivity index (χ4n) is 3.60. The summed E-state index contributed by atoms with van der Waals surface area (Å²) < 4.78 is 38.9. The first-order valence-corrected chi connectivity index (χ1v) is 12.6. The number of aliphatic hydroxyl groups is 3. The van der Waals surface area contributed by atoms with Crippen molar-refractivity contribution in [2.75, 3.05) is 6.61 Å². The summed E-state index contributed by atoms with van der Waals surface area (Å²) in [5.74, 6) is -0.387. The summed E-state index contributed by atoms with van der Waals surface area (Å²) in [5, 5.41) is 32.6. The average Bonchev–Trinajstić information content (AvgIpc) is 2.70. The maximum absolute atomic E-state index is 12.1. The predicted octanol–water partition coefficient (Wildman–Crippen LogP) is 1.43. The van der Waals surface area contributed by atoms with Crippen LogP contribution in [0.5, 0.6) is 0 Å². The van der Waals surface area contributed by atoms with E-state index in [0.29, 0.717) is 6.42 Å². The highest BCUT2D eigenvalue weighted by Crippen LogP contribution is 2.21. The number of unbranched alkanes of at least 4 members (excludes halogenated alkanes) is 10. The Bertz CT molecular complexity index is 601. The van der Waals surface area contributed by atoms with E-state index in [1.807, 2.05) is 0 Å². The van der Waals surface area contributed by atoms with Crippen molar-refractivity contribution in [3.8, 4) is 0 Å². The van der Waals surface area contributed by atoms with Crippen LogP contribution in [0.4, 0.5) is 0 Å². The number of amides is 1. The summed E-state index contributed by atoms with van der Waals surface area (Å²) in [7, 11) is -4.76. The molecule has 0 bridgehead atoms. The van der Waals surface area contributed by atoms with Gasteiger partial charge in [-0.3, -0.25) is 9.35 Å². The molecule has 1 fully saturated rings. The second-order valence-electron chi connectivity index (χ2n) is 8.14. The van der Waals surface area contributed by atoms with Crippen molar-refractivity contribution < 1.29 is 42.0 Å². The fourth-order valence-corrected chi connectivity index (χ4v) is 3.91. The van der Waals surface area contributed by atoms with E-state index in [4.69, 9.17) is 9.29 Å². The van der Waals surface area contributed by atoms with Crippen molar-refractivity contribution in [3.05, 3.63) is 0 Å². The predicted molar refractivity (Wildman–Crippen MR) is 113 cm³/mol. The molecule has 0 aromatic carbocycles. The monoisotopic (exact) mass is 469 g/mol. The van der Waals surface area contributed by atoms with Gasteiger partial charge in [0.05, 0.1) is 6.61 Å². The molecule has 0 saturated carbocycles. The van der Waals surface area contributed by atoms with Crippen LogP contribution in [-0.2, 0) is 24.1 Å². The van der Waals surface area contributed by atoms with Gasteiger partial charge in [0.15, 0.2) is 6.29 Å². The maximum atomic E-state index is 12.1. The van der Waals surface area contributed by atoms with E-state index in [1.54, 1.807) is 0 Å². The Balaban J connectivity index is 2.19. The molecule has 31 heavy (non-hydrogen) atoms. The van der Waals surface area contributed by atoms with Crippen LogP contribution in [0.2, 0.25) is 0 Å². The Hall–Kier alpha value is -0.820. The van der Waals surface area contributed by atoms with Gasteiger partial charge in [0.2, 0.25) is 5.91 Å². The zero-order chi connectivity index (χ0) is 23.3. The summed E-state index contributed by atoms with van der Waals surface area (Å²) >= 11 is 0. The number of ether oxygens (including phenoxy) is 1. The highest BCUT2D eigenvalue weighted by molar-refractivity contribution is 7.80. The molecule has 0 aromatic heterocycles. The minimum absolute atomic E-state index is 0.221. The molecule has 1 heterocycles. The van der Waals surface area contributed by atoms with Crippen LogP contribution >= 0.6 is 0 Å². The van der Waals surface area contributed by atoms with Crippen molar-refractivity contribution in [3.63, 3.8) is 0 Å². The van der Waals surface area contributed by atoms with Crippen LogP contribution < -0.4 is 5.32 Å². The number of hydrogen-bond donors (Lipinski definition) is 5. The number of aliphatic hydroxyl groups excluding tert-OH is 3. The second kappa shape index (κ2) is 15.1. The Morgan fingerprint density at radius 2 is 1.42 bits per heavy atom. The van der Waals surface area contributed by atoms with Crippen LogP contribution in [0, 0.1) is 0 Å². The van der Waals surface area contributed by atoms with Gasteiger partial charge in [-0.25, -0.2) is 4.18 Å². The Morgan fingerprint density at radius 3 is 1.94 bits per heavy atom. The van der Waals surface area contributed by atoms with Crippen molar-refractivity contribution in [1.29, 1.82) is 0 Å². The van der Waals surface area contributed by atoms with Crippen LogP contribution in [0.3, 0.4) is 0 Å². The summed E-state index contributed by atoms with van der Waals surface area (Å²) in [5.41, 5.74) is 0. The van der Waals surface area contributed by atoms with Gasteiger partial charge in [0.25, 0.3) is 0 Å². The van der Waals surface area contributed by atoms with E-state index >= 15 is 0 Å². The van der Waals surface area contributed by atoms with Crippen LogP contribution in [-0.4, -0.2) is 71.4 Å². The lowest BCUT2D eigenvalue weighted by molar-refractivity contribution is -0.252. The Labute approximate surface area is 185 Å². The molecule has 1 amide bonds. The highest BCUT2D eigenvalue weighted by Gasteiger charge is 2.45. The van der Waals surface area contributed by atoms with E-state index in [1.165, 1.54) is 44.9 Å². The van der Waals surface area contributed by atoms with Crippen LogP contribution in [0.1, 0.15) is 84.0 Å². The fraction of sp³-hybridized carbons (Fsp3) is 0.950. The zero-order valence-corrected chi connectivity index (χ0v) is 19.1. The number of carbonyl (C=O) groups excluding carboxylic acids is 1. The van der Waals surface area contributed by atoms with Gasteiger partial charge in [-0.15, -0.1) is 0 Å². The summed E-state index contributed by atoms with van der Waals surface area (Å²) in [6.45, 7) is 1.41. The van der Waals surface area contributed by atoms with Gasteiger partial charge < -0.3 is 25.4 Å². The molecule has 5 N–H and O–H groups in total. The van der Waals surface area contributed by atoms with E-state index in [-0.39, 0.29) is 12.3 Å². The number of carbonyl (C=O) groups is 1. The molecule has 1 aliphatic rings. The molecule has 0 radical (unpaired) electrons. The first-order valence-electron chi connectivity index (χ1n) is 11.3. The quantitative estimate of drug-likeness (QED) is 0.166. The minimum Gasteiger partial charge on any atom is -0.388 e. The van der Waals surface area contributed by atoms with E-state index in [9.17, 15) is 28.5 Å². The normalized spacial score (nSPS) is 26.7. The summed E-state index contributed by atoms with van der Waals surface area (Å²) in [6.07, 6.45) is 6.63. The molecule has 1 aliphatic heterocycles. The molecular formula is C20H39NO9S. The topological polar surface area (TPSA) is 163 Å². The lowest BCUT2D eigenvalue weighted by atomic mass is 9.97. The van der Waals surface area contributed by atoms with Gasteiger partial charge in [-0.2, -0.15) is 8.42 Å². The lowest BCUT2D eigenvalue weighted by Gasteiger charge is -2.40. The molecule has 184 valence electrons. The summed E-state index contributed by atoms with van der Waals surface area (Å²) in [6, 6.07) is -1.27. The lowest BCUT2D eigenvalue weighted by Crippen LogP contribution is -2.64. The van der Waals surface area contributed by atoms with Crippen molar-refractivity contribution in [2.24, 2.45) is 0 Å². The van der Waals surface area contributed by atoms with Crippen molar-refractivity contribution >= 4 is 16.3 Å². The first-order chi connectivity index (χ1) is 14.7. The molecule has 1 rings (SSSR count). The smallest absolute Gasteiger partial charge is 0.388 e. The van der Waals surface area contributed by atoms with Gasteiger partial charge in [-0.1, -0.05) is 71.1 Å². The molecular weight excluding hydrogens is 430 g/mol. The highest BCUT2D eigenvalue weighted by atomic mass is 32.3. The number of nitrogens with one attached hydrogen (secondary N) is 1. The largest absolute Gasteiger partial charge is 0.397 e. The SMILES string of the molecule is CCCCCCCCCCCCCC(=O)N[C@@H]1[C@@H](O)[C@H](O)[C@@H](COS(=O)(=O)O)O[C@H]1O. The molecule has 0 aromatic rings. The van der Waals surface area contributed by atoms with E-state index in [2.05, 4.69) is 16.4 Å². The van der Waals surface area contributed by atoms with Crippen LogP contribution in [0.25, 0.3) is 0 Å². The zero-order valence-electron chi connectivity index (χ0n) is 18.3. The van der Waals surface area contributed by atoms with E-state index < -0.39 is 47.6 Å². The Morgan fingerprint density at radius 1 is 0.903 bits per heavy atom. The van der Waals surface area contributed by atoms with Gasteiger partial charge in [0, 0.05) is 6.42 Å². The standard InChI is InChI=1S/C20H39NO9S/c1-2-3-4-5-6-7-8-9-10-11-12-13-16(22)21-17-19(24)18(23)15(30-20(17)25)14-29-31(26,27)28/h15,17-20,23-25H,2-14H2,1H3,(H,21,22)(H,26,27,28)/t15-,17-,18-,19-,20-/m1/s1. The number of hydrogen-bond acceptors (Lipinski definition) is 8. The molecule has 0 aliphatic carbocycles. The van der Waals surface area contributed by atoms with Gasteiger partial charge in [0.1, 0.15) is 24.4 Å². The van der Waals surface area contributed by atoms with Crippen molar-refractivity contribution in [1.82, 2.24) is 5.32 Å². The molecule has 1 saturated heterocycles. The Kier molecular flexibility index (Phi) is 13.7. The van der Waals surface area contributed by atoms with Gasteiger partial charge in [-0.05, 0) is 6.42 Å². The molecule has 5 atom stereocenters. The molecule has 0 unspecified atom stereocenters. The second-order valence-corrected chi connectivity index (χ2v) is 9.23. The third-order valence-corrected chi connectivity index (χ3v) is 5.87. The third-order valence-electron chi connectivity index (χ3n) is 5.44. The first kappa shape index (κ1) is 28.2. The average molecular weight is 470 g/mol.